The summed E-state index contributed by atoms with van der Waals surface area (Å²) in [6.45, 7) is 1.99. The van der Waals surface area contributed by atoms with Gasteiger partial charge >= 0.3 is 5.97 Å². The maximum absolute atomic E-state index is 11.9. The molecule has 1 fully saturated rings. The molecule has 1 aromatic heterocycles. The van der Waals surface area contributed by atoms with Gasteiger partial charge in [-0.15, -0.1) is 11.3 Å². The van der Waals surface area contributed by atoms with E-state index in [1.165, 1.54) is 25.3 Å². The zero-order valence-electron chi connectivity index (χ0n) is 10.3. The van der Waals surface area contributed by atoms with Crippen molar-refractivity contribution < 1.29 is 14.7 Å². The summed E-state index contributed by atoms with van der Waals surface area (Å²) in [5.41, 5.74) is 0. The van der Waals surface area contributed by atoms with E-state index in [1.54, 1.807) is 6.07 Å². The van der Waals surface area contributed by atoms with E-state index in [0.717, 1.165) is 23.7 Å². The summed E-state index contributed by atoms with van der Waals surface area (Å²) < 4.78 is 0. The van der Waals surface area contributed by atoms with E-state index in [9.17, 15) is 9.59 Å². The molecule has 1 aliphatic carbocycles. The highest BCUT2D eigenvalue weighted by molar-refractivity contribution is 7.15. The summed E-state index contributed by atoms with van der Waals surface area (Å²) >= 11 is 1.02. The summed E-state index contributed by atoms with van der Waals surface area (Å²) in [4.78, 5) is 23.2. The fourth-order valence-electron chi connectivity index (χ4n) is 1.83. The van der Waals surface area contributed by atoms with Crippen LogP contribution in [0.1, 0.15) is 52.0 Å². The first kappa shape index (κ1) is 13.1. The van der Waals surface area contributed by atoms with E-state index >= 15 is 0 Å². The predicted octanol–water partition coefficient (Wildman–Crippen LogP) is 2.75. The second-order valence-electron chi connectivity index (χ2n) is 4.86. The van der Waals surface area contributed by atoms with Crippen molar-refractivity contribution in [3.8, 4) is 0 Å². The Morgan fingerprint density at radius 2 is 2.11 bits per heavy atom. The molecule has 1 aromatic rings. The molecule has 1 unspecified atom stereocenters. The van der Waals surface area contributed by atoms with E-state index in [4.69, 9.17) is 5.11 Å². The van der Waals surface area contributed by atoms with Crippen molar-refractivity contribution in [2.45, 2.75) is 38.6 Å². The Labute approximate surface area is 110 Å². The number of amides is 1. The van der Waals surface area contributed by atoms with Crippen LogP contribution in [0.25, 0.3) is 0 Å². The van der Waals surface area contributed by atoms with Gasteiger partial charge in [0.15, 0.2) is 0 Å². The van der Waals surface area contributed by atoms with Gasteiger partial charge in [-0.2, -0.15) is 0 Å². The minimum atomic E-state index is -0.985. The van der Waals surface area contributed by atoms with E-state index in [0.29, 0.717) is 4.88 Å². The minimum Gasteiger partial charge on any atom is -0.477 e. The van der Waals surface area contributed by atoms with Crippen LogP contribution in [0.4, 0.5) is 0 Å². The Balaban J connectivity index is 1.83. The Morgan fingerprint density at radius 3 is 2.67 bits per heavy atom. The predicted molar refractivity (Wildman–Crippen MR) is 70.2 cm³/mol. The Bertz CT molecular complexity index is 451. The van der Waals surface area contributed by atoms with Crippen molar-refractivity contribution in [1.82, 2.24) is 5.32 Å². The summed E-state index contributed by atoms with van der Waals surface area (Å²) in [6.07, 6.45) is 4.82. The van der Waals surface area contributed by atoms with Crippen LogP contribution in [-0.4, -0.2) is 23.0 Å². The average molecular weight is 267 g/mol. The topological polar surface area (TPSA) is 66.4 Å². The van der Waals surface area contributed by atoms with Gasteiger partial charge in [-0.3, -0.25) is 4.79 Å². The van der Waals surface area contributed by atoms with Gasteiger partial charge in [0.05, 0.1) is 4.88 Å². The van der Waals surface area contributed by atoms with Crippen molar-refractivity contribution in [3.05, 3.63) is 21.9 Å². The lowest BCUT2D eigenvalue weighted by atomic mass is 10.1. The first-order chi connectivity index (χ1) is 8.56. The molecule has 1 amide bonds. The number of rotatable bonds is 6. The third kappa shape index (κ3) is 3.57. The van der Waals surface area contributed by atoms with Gasteiger partial charge in [0.1, 0.15) is 4.88 Å². The number of carboxylic acids is 1. The molecule has 1 heterocycles. The number of thiophene rings is 1. The summed E-state index contributed by atoms with van der Waals surface area (Å²) in [5, 5.41) is 11.7. The molecule has 18 heavy (non-hydrogen) atoms. The first-order valence-corrected chi connectivity index (χ1v) is 7.02. The van der Waals surface area contributed by atoms with Gasteiger partial charge in [-0.1, -0.05) is 12.8 Å². The fourth-order valence-corrected chi connectivity index (χ4v) is 2.58. The molecule has 0 bridgehead atoms. The van der Waals surface area contributed by atoms with Crippen LogP contribution in [0.15, 0.2) is 12.1 Å². The van der Waals surface area contributed by atoms with Gasteiger partial charge in [-0.25, -0.2) is 4.79 Å². The van der Waals surface area contributed by atoms with Gasteiger partial charge in [0.25, 0.3) is 5.91 Å². The molecule has 98 valence electrons. The van der Waals surface area contributed by atoms with E-state index < -0.39 is 5.97 Å². The molecule has 5 heteroatoms. The van der Waals surface area contributed by atoms with Gasteiger partial charge in [0, 0.05) is 6.04 Å². The highest BCUT2D eigenvalue weighted by Gasteiger charge is 2.22. The van der Waals surface area contributed by atoms with Gasteiger partial charge < -0.3 is 10.4 Å². The lowest BCUT2D eigenvalue weighted by Gasteiger charge is -2.12. The van der Waals surface area contributed by atoms with Gasteiger partial charge in [-0.05, 0) is 37.8 Å². The lowest BCUT2D eigenvalue weighted by Crippen LogP contribution is -2.32. The maximum Gasteiger partial charge on any atom is 0.345 e. The van der Waals surface area contributed by atoms with Crippen LogP contribution in [0.5, 0.6) is 0 Å². The molecule has 1 saturated carbocycles. The van der Waals surface area contributed by atoms with Crippen molar-refractivity contribution in [2.24, 2.45) is 5.92 Å². The highest BCUT2D eigenvalue weighted by Crippen LogP contribution is 2.33. The molecule has 2 rings (SSSR count). The van der Waals surface area contributed by atoms with Crippen LogP contribution < -0.4 is 5.32 Å². The Morgan fingerprint density at radius 1 is 1.44 bits per heavy atom. The molecular weight excluding hydrogens is 250 g/mol. The van der Waals surface area contributed by atoms with Crippen LogP contribution in [0.3, 0.4) is 0 Å². The number of hydrogen-bond donors (Lipinski definition) is 2. The summed E-state index contributed by atoms with van der Waals surface area (Å²) in [5.74, 6) is -0.290. The van der Waals surface area contributed by atoms with Crippen LogP contribution in [0.2, 0.25) is 0 Å². The smallest absolute Gasteiger partial charge is 0.345 e. The SMILES string of the molecule is CC(CCC1CC1)NC(=O)c1ccc(C(=O)O)s1. The molecular formula is C13H17NO3S. The molecule has 0 saturated heterocycles. The zero-order chi connectivity index (χ0) is 13.1. The highest BCUT2D eigenvalue weighted by atomic mass is 32.1. The van der Waals surface area contributed by atoms with Crippen molar-refractivity contribution in [2.75, 3.05) is 0 Å². The molecule has 0 spiro atoms. The molecule has 1 aliphatic rings. The Hall–Kier alpha value is -1.36. The molecule has 0 aromatic carbocycles. The Kier molecular flexibility index (Phi) is 4.01. The summed E-state index contributed by atoms with van der Waals surface area (Å²) in [6, 6.07) is 3.18. The number of aromatic carboxylic acids is 1. The van der Waals surface area contributed by atoms with Crippen LogP contribution in [0, 0.1) is 5.92 Å². The number of nitrogens with one attached hydrogen (secondary N) is 1. The fraction of sp³-hybridized carbons (Fsp3) is 0.538. The number of carboxylic acid groups (broad SMARTS) is 1. The normalized spacial score (nSPS) is 16.3. The van der Waals surface area contributed by atoms with Crippen molar-refractivity contribution in [3.63, 3.8) is 0 Å². The quantitative estimate of drug-likeness (QED) is 0.833. The van der Waals surface area contributed by atoms with E-state index in [2.05, 4.69) is 5.32 Å². The van der Waals surface area contributed by atoms with Crippen LogP contribution in [-0.2, 0) is 0 Å². The molecule has 2 N–H and O–H groups in total. The summed E-state index contributed by atoms with van der Waals surface area (Å²) in [7, 11) is 0. The number of carbonyl (C=O) groups excluding carboxylic acids is 1. The minimum absolute atomic E-state index is 0.147. The number of hydrogen-bond acceptors (Lipinski definition) is 3. The van der Waals surface area contributed by atoms with E-state index in [1.807, 2.05) is 6.92 Å². The molecule has 0 aliphatic heterocycles. The van der Waals surface area contributed by atoms with Crippen LogP contribution >= 0.6 is 11.3 Å². The molecule has 1 atom stereocenters. The second-order valence-corrected chi connectivity index (χ2v) is 5.95. The molecule has 4 nitrogen and oxygen atoms in total. The average Bonchev–Trinajstić information content (AvgIpc) is 3.00. The zero-order valence-corrected chi connectivity index (χ0v) is 11.1. The van der Waals surface area contributed by atoms with E-state index in [-0.39, 0.29) is 16.8 Å². The van der Waals surface area contributed by atoms with Crippen molar-refractivity contribution >= 4 is 23.2 Å². The third-order valence-electron chi connectivity index (χ3n) is 3.12. The number of carbonyl (C=O) groups is 2. The standard InChI is InChI=1S/C13H17NO3S/c1-8(2-3-9-4-5-9)14-12(15)10-6-7-11(18-10)13(16)17/h6-9H,2-5H2,1H3,(H,14,15)(H,16,17). The van der Waals surface area contributed by atoms with Gasteiger partial charge in [0.2, 0.25) is 0 Å². The second kappa shape index (κ2) is 5.52. The molecule has 0 radical (unpaired) electrons. The lowest BCUT2D eigenvalue weighted by molar-refractivity contribution is 0.0702. The third-order valence-corrected chi connectivity index (χ3v) is 4.19. The maximum atomic E-state index is 11.9. The monoisotopic (exact) mass is 267 g/mol. The van der Waals surface area contributed by atoms with Crippen molar-refractivity contribution in [1.29, 1.82) is 0 Å². The largest absolute Gasteiger partial charge is 0.477 e. The first-order valence-electron chi connectivity index (χ1n) is 6.20.